The van der Waals surface area contributed by atoms with Gasteiger partial charge in [0.05, 0.1) is 5.69 Å². The average molecular weight is 504 g/mol. The summed E-state index contributed by atoms with van der Waals surface area (Å²) in [4.78, 5) is 2.12. The molecular formula is C23H36Cl2N4O2S. The van der Waals surface area contributed by atoms with Gasteiger partial charge in [0, 0.05) is 61.5 Å². The van der Waals surface area contributed by atoms with E-state index in [0.717, 1.165) is 36.6 Å². The van der Waals surface area contributed by atoms with E-state index in [4.69, 9.17) is 28.3 Å². The summed E-state index contributed by atoms with van der Waals surface area (Å²) >= 11 is 12.0. The van der Waals surface area contributed by atoms with Crippen molar-refractivity contribution in [2.75, 3.05) is 37.5 Å². The van der Waals surface area contributed by atoms with E-state index >= 15 is 0 Å². The quantitative estimate of drug-likeness (QED) is 0.241. The van der Waals surface area contributed by atoms with Crippen molar-refractivity contribution >= 4 is 51.2 Å². The third-order valence-corrected chi connectivity index (χ3v) is 6.87. The maximum absolute atomic E-state index is 12.7. The largest absolute Gasteiger partial charge is 0.355 e. The second-order valence-electron chi connectivity index (χ2n) is 7.13. The molecular weight excluding hydrogens is 467 g/mol. The molecule has 6 nitrogen and oxygen atoms in total. The highest BCUT2D eigenvalue weighted by atomic mass is 35.5. The van der Waals surface area contributed by atoms with Gasteiger partial charge in [-0.15, -0.1) is 11.6 Å². The molecule has 0 N–H and O–H groups in total. The number of aryl methyl sites for hydroxylation is 1. The Bertz CT molecular complexity index is 930. The fourth-order valence-corrected chi connectivity index (χ4v) is 4.33. The SMILES string of the molecule is C/C=C\c1c(/C=C/S(=O)(=O)N(C)CCC)c(N(CC)CC)nn1CC/C(Cl)=C\C=C/CCl. The molecule has 0 amide bonds. The first-order valence-electron chi connectivity index (χ1n) is 11.0. The van der Waals surface area contributed by atoms with Crippen molar-refractivity contribution in [3.05, 3.63) is 46.0 Å². The average Bonchev–Trinajstić information content (AvgIpc) is 3.09. The predicted octanol–water partition coefficient (Wildman–Crippen LogP) is 5.71. The standard InChI is InChI=1S/C23H36Cl2N4O2S/c1-6-12-22-21(15-19-32(30,31)27(5)17-7-2)23(28(8-3)9-4)26-29(22)18-14-20(25)13-10-11-16-24/h6,10-13,15,19H,7-9,14,16-18H2,1-5H3/b11-10-,12-6-,19-15+,20-13+. The lowest BCUT2D eigenvalue weighted by molar-refractivity contribution is 0.477. The number of hydrogen-bond donors (Lipinski definition) is 0. The zero-order valence-electron chi connectivity index (χ0n) is 19.8. The molecule has 0 unspecified atom stereocenters. The zero-order chi connectivity index (χ0) is 24.1. The minimum Gasteiger partial charge on any atom is -0.355 e. The Labute approximate surface area is 203 Å². The van der Waals surface area contributed by atoms with E-state index in [-0.39, 0.29) is 0 Å². The smallest absolute Gasteiger partial charge is 0.235 e. The van der Waals surface area contributed by atoms with Gasteiger partial charge in [0.15, 0.2) is 5.82 Å². The molecule has 0 bridgehead atoms. The molecule has 1 aromatic heterocycles. The molecule has 180 valence electrons. The van der Waals surface area contributed by atoms with Crippen LogP contribution in [0.4, 0.5) is 5.82 Å². The Hall–Kier alpha value is -1.54. The van der Waals surface area contributed by atoms with Crippen LogP contribution in [0.5, 0.6) is 0 Å². The van der Waals surface area contributed by atoms with Gasteiger partial charge in [-0.05, 0) is 45.4 Å². The molecule has 0 aliphatic heterocycles. The van der Waals surface area contributed by atoms with E-state index < -0.39 is 10.0 Å². The van der Waals surface area contributed by atoms with Gasteiger partial charge >= 0.3 is 0 Å². The van der Waals surface area contributed by atoms with Gasteiger partial charge in [-0.25, -0.2) is 12.7 Å². The van der Waals surface area contributed by atoms with Crippen LogP contribution in [0, 0.1) is 0 Å². The highest BCUT2D eigenvalue weighted by molar-refractivity contribution is 7.92. The lowest BCUT2D eigenvalue weighted by atomic mass is 10.2. The molecule has 0 aromatic carbocycles. The van der Waals surface area contributed by atoms with Crippen LogP contribution in [0.15, 0.2) is 34.7 Å². The third kappa shape index (κ3) is 8.43. The number of sulfonamides is 1. The van der Waals surface area contributed by atoms with E-state index in [1.807, 2.05) is 48.9 Å². The van der Waals surface area contributed by atoms with Crippen molar-refractivity contribution in [3.8, 4) is 0 Å². The van der Waals surface area contributed by atoms with Gasteiger partial charge in [0.25, 0.3) is 0 Å². The zero-order valence-corrected chi connectivity index (χ0v) is 22.1. The van der Waals surface area contributed by atoms with Crippen LogP contribution in [-0.4, -0.2) is 55.1 Å². The number of alkyl halides is 1. The summed E-state index contributed by atoms with van der Waals surface area (Å²) in [6.45, 7) is 10.5. The molecule has 0 fully saturated rings. The molecule has 1 rings (SSSR count). The molecule has 32 heavy (non-hydrogen) atoms. The maximum Gasteiger partial charge on any atom is 0.235 e. The van der Waals surface area contributed by atoms with Crippen molar-refractivity contribution in [1.82, 2.24) is 14.1 Å². The van der Waals surface area contributed by atoms with Gasteiger partial charge in [-0.1, -0.05) is 36.8 Å². The van der Waals surface area contributed by atoms with Gasteiger partial charge in [-0.3, -0.25) is 4.68 Å². The van der Waals surface area contributed by atoms with Crippen LogP contribution >= 0.6 is 23.2 Å². The molecule has 0 atom stereocenters. The lowest BCUT2D eigenvalue weighted by Gasteiger charge is -2.19. The van der Waals surface area contributed by atoms with Crippen molar-refractivity contribution in [3.63, 3.8) is 0 Å². The van der Waals surface area contributed by atoms with Crippen LogP contribution in [0.3, 0.4) is 0 Å². The molecule has 0 spiro atoms. The van der Waals surface area contributed by atoms with Crippen LogP contribution in [-0.2, 0) is 16.6 Å². The number of halogens is 2. The molecule has 9 heteroatoms. The Kier molecular flexibility index (Phi) is 13.0. The Balaban J connectivity index is 3.44. The number of hydrogen-bond acceptors (Lipinski definition) is 4. The molecule has 0 radical (unpaired) electrons. The Morgan fingerprint density at radius 1 is 1.19 bits per heavy atom. The third-order valence-electron chi connectivity index (χ3n) is 4.84. The van der Waals surface area contributed by atoms with E-state index in [1.165, 1.54) is 9.71 Å². The summed E-state index contributed by atoms with van der Waals surface area (Å²) < 4.78 is 28.6. The summed E-state index contributed by atoms with van der Waals surface area (Å²) in [5.74, 6) is 1.19. The second-order valence-corrected chi connectivity index (χ2v) is 9.85. The number of allylic oxidation sites excluding steroid dienone is 5. The van der Waals surface area contributed by atoms with Gasteiger partial charge in [0.1, 0.15) is 0 Å². The monoisotopic (exact) mass is 502 g/mol. The van der Waals surface area contributed by atoms with Gasteiger partial charge < -0.3 is 4.90 Å². The van der Waals surface area contributed by atoms with Crippen molar-refractivity contribution < 1.29 is 8.42 Å². The van der Waals surface area contributed by atoms with E-state index in [2.05, 4.69) is 18.7 Å². The number of rotatable bonds is 14. The Morgan fingerprint density at radius 3 is 2.44 bits per heavy atom. The molecule has 0 aliphatic rings. The molecule has 1 heterocycles. The minimum atomic E-state index is -3.51. The molecule has 0 aliphatic carbocycles. The normalized spacial score (nSPS) is 13.4. The summed E-state index contributed by atoms with van der Waals surface area (Å²) in [5, 5.41) is 6.79. The van der Waals surface area contributed by atoms with E-state index in [0.29, 0.717) is 30.4 Å². The highest BCUT2D eigenvalue weighted by Crippen LogP contribution is 2.27. The van der Waals surface area contributed by atoms with Gasteiger partial charge in [-0.2, -0.15) is 5.10 Å². The summed E-state index contributed by atoms with van der Waals surface area (Å²) in [6.07, 6.45) is 12.4. The molecule has 0 saturated carbocycles. The summed E-state index contributed by atoms with van der Waals surface area (Å²) in [7, 11) is -1.92. The van der Waals surface area contributed by atoms with Crippen molar-refractivity contribution in [1.29, 1.82) is 0 Å². The lowest BCUT2D eigenvalue weighted by Crippen LogP contribution is -2.25. The van der Waals surface area contributed by atoms with Crippen LogP contribution in [0.25, 0.3) is 12.2 Å². The van der Waals surface area contributed by atoms with Crippen LogP contribution in [0.2, 0.25) is 0 Å². The van der Waals surface area contributed by atoms with Crippen LogP contribution in [0.1, 0.15) is 51.8 Å². The Morgan fingerprint density at radius 2 is 1.88 bits per heavy atom. The van der Waals surface area contributed by atoms with Crippen molar-refractivity contribution in [2.24, 2.45) is 0 Å². The maximum atomic E-state index is 12.7. The van der Waals surface area contributed by atoms with Crippen LogP contribution < -0.4 is 4.90 Å². The predicted molar refractivity (Wildman–Crippen MR) is 140 cm³/mol. The fourth-order valence-electron chi connectivity index (χ4n) is 3.12. The first-order valence-corrected chi connectivity index (χ1v) is 13.4. The van der Waals surface area contributed by atoms with E-state index in [9.17, 15) is 8.42 Å². The second kappa shape index (κ2) is 14.6. The number of aromatic nitrogens is 2. The van der Waals surface area contributed by atoms with Crippen molar-refractivity contribution in [2.45, 2.75) is 47.1 Å². The summed E-state index contributed by atoms with van der Waals surface area (Å²) in [6, 6.07) is 0. The minimum absolute atomic E-state index is 0.435. The first kappa shape index (κ1) is 28.5. The van der Waals surface area contributed by atoms with Gasteiger partial charge in [0.2, 0.25) is 10.0 Å². The highest BCUT2D eigenvalue weighted by Gasteiger charge is 2.20. The first-order chi connectivity index (χ1) is 15.2. The number of anilines is 1. The molecule has 1 aromatic rings. The number of nitrogens with zero attached hydrogens (tertiary/aromatic N) is 4. The topological polar surface area (TPSA) is 58.4 Å². The fraction of sp³-hybridized carbons (Fsp3) is 0.522. The van der Waals surface area contributed by atoms with E-state index in [1.54, 1.807) is 13.1 Å². The molecule has 0 saturated heterocycles. The summed E-state index contributed by atoms with van der Waals surface area (Å²) in [5.41, 5.74) is 1.63.